The van der Waals surface area contributed by atoms with Gasteiger partial charge in [0.25, 0.3) is 5.56 Å². The molecule has 1 aromatic carbocycles. The van der Waals surface area contributed by atoms with Crippen molar-refractivity contribution < 1.29 is 27.5 Å². The van der Waals surface area contributed by atoms with Gasteiger partial charge in [-0.05, 0) is 18.2 Å². The number of rotatable bonds is 4. The van der Waals surface area contributed by atoms with E-state index >= 15 is 0 Å². The van der Waals surface area contributed by atoms with Gasteiger partial charge in [-0.1, -0.05) is 6.07 Å². The van der Waals surface area contributed by atoms with Crippen LogP contribution in [0.1, 0.15) is 16.1 Å². The van der Waals surface area contributed by atoms with Gasteiger partial charge >= 0.3 is 12.1 Å². The van der Waals surface area contributed by atoms with Crippen molar-refractivity contribution in [3.8, 4) is 11.4 Å². The third kappa shape index (κ3) is 3.79. The number of hydrogen-bond donors (Lipinski definition) is 0. The zero-order valence-electron chi connectivity index (χ0n) is 13.5. The first-order valence-electron chi connectivity index (χ1n) is 6.87. The first-order valence-corrected chi connectivity index (χ1v) is 6.87. The van der Waals surface area contributed by atoms with Crippen LogP contribution in [0.25, 0.3) is 5.69 Å². The van der Waals surface area contributed by atoms with Gasteiger partial charge < -0.3 is 4.74 Å². The second-order valence-electron chi connectivity index (χ2n) is 4.84. The van der Waals surface area contributed by atoms with Gasteiger partial charge in [-0.3, -0.25) is 14.4 Å². The highest BCUT2D eigenvalue weighted by Crippen LogP contribution is 2.30. The average molecular weight is 357 g/mol. The quantitative estimate of drug-likeness (QED) is 0.782. The molecule has 0 aliphatic heterocycles. The summed E-state index contributed by atoms with van der Waals surface area (Å²) in [7, 11) is 3.78. The molecule has 134 valence electrons. The Hall–Kier alpha value is -2.88. The van der Waals surface area contributed by atoms with Crippen molar-refractivity contribution in [3.05, 3.63) is 51.9 Å². The van der Waals surface area contributed by atoms with Crippen LogP contribution in [-0.4, -0.2) is 42.0 Å². The van der Waals surface area contributed by atoms with Crippen molar-refractivity contribution in [2.24, 2.45) is 0 Å². The molecular weight excluding hydrogens is 343 g/mol. The minimum Gasteiger partial charge on any atom is -0.494 e. The largest absolute Gasteiger partial charge is 0.494 e. The molecule has 1 heterocycles. The standard InChI is InChI=1S/C15H14F3N3O4/c1-20(25-3)14(23)13-11(24-2)8-12(22)21(19-13)10-6-4-5-9(7-10)15(16,17)18/h4-8H,1-3H3. The Morgan fingerprint density at radius 2 is 1.92 bits per heavy atom. The number of hydrogen-bond acceptors (Lipinski definition) is 5. The second-order valence-corrected chi connectivity index (χ2v) is 4.84. The minimum atomic E-state index is -4.58. The number of nitrogens with zero attached hydrogens (tertiary/aromatic N) is 3. The fourth-order valence-corrected chi connectivity index (χ4v) is 1.97. The van der Waals surface area contributed by atoms with Crippen molar-refractivity contribution in [1.82, 2.24) is 14.8 Å². The minimum absolute atomic E-state index is 0.123. The molecule has 10 heteroatoms. The number of halogens is 3. The molecule has 7 nitrogen and oxygen atoms in total. The lowest BCUT2D eigenvalue weighted by Gasteiger charge is -2.16. The molecule has 0 aliphatic rings. The highest BCUT2D eigenvalue weighted by Gasteiger charge is 2.31. The van der Waals surface area contributed by atoms with Gasteiger partial charge in [0.2, 0.25) is 0 Å². The molecule has 1 aromatic heterocycles. The Kier molecular flexibility index (Phi) is 5.12. The Morgan fingerprint density at radius 1 is 1.24 bits per heavy atom. The maximum absolute atomic E-state index is 12.9. The Morgan fingerprint density at radius 3 is 2.48 bits per heavy atom. The molecule has 1 amide bonds. The average Bonchev–Trinajstić information content (AvgIpc) is 2.59. The molecule has 25 heavy (non-hydrogen) atoms. The van der Waals surface area contributed by atoms with Crippen molar-refractivity contribution >= 4 is 5.91 Å². The van der Waals surface area contributed by atoms with E-state index in [1.807, 2.05) is 0 Å². The van der Waals surface area contributed by atoms with Crippen LogP contribution in [0.4, 0.5) is 13.2 Å². The molecule has 0 radical (unpaired) electrons. The van der Waals surface area contributed by atoms with Crippen LogP contribution in [0.3, 0.4) is 0 Å². The predicted molar refractivity (Wildman–Crippen MR) is 80.5 cm³/mol. The lowest BCUT2D eigenvalue weighted by molar-refractivity contribution is -0.137. The number of benzene rings is 1. The fraction of sp³-hybridized carbons (Fsp3) is 0.267. The number of hydroxylamine groups is 2. The lowest BCUT2D eigenvalue weighted by Crippen LogP contribution is -2.31. The Bertz CT molecular complexity index is 849. The van der Waals surface area contributed by atoms with E-state index in [1.165, 1.54) is 27.3 Å². The smallest absolute Gasteiger partial charge is 0.416 e. The summed E-state index contributed by atoms with van der Waals surface area (Å²) in [6.07, 6.45) is -4.58. The molecule has 0 saturated carbocycles. The number of amides is 1. The van der Waals surface area contributed by atoms with Crippen molar-refractivity contribution in [2.45, 2.75) is 6.18 Å². The van der Waals surface area contributed by atoms with E-state index < -0.39 is 23.2 Å². The van der Waals surface area contributed by atoms with Crippen LogP contribution in [-0.2, 0) is 11.0 Å². The summed E-state index contributed by atoms with van der Waals surface area (Å²) in [5.41, 5.74) is -2.13. The predicted octanol–water partition coefficient (Wildman–Crippen LogP) is 1.89. The van der Waals surface area contributed by atoms with Crippen molar-refractivity contribution in [1.29, 1.82) is 0 Å². The van der Waals surface area contributed by atoms with Gasteiger partial charge in [0, 0.05) is 7.05 Å². The zero-order valence-corrected chi connectivity index (χ0v) is 13.5. The van der Waals surface area contributed by atoms with Crippen LogP contribution in [0.2, 0.25) is 0 Å². The van der Waals surface area contributed by atoms with Gasteiger partial charge in [0.05, 0.1) is 31.5 Å². The van der Waals surface area contributed by atoms with E-state index in [1.54, 1.807) is 0 Å². The van der Waals surface area contributed by atoms with Crippen molar-refractivity contribution in [3.63, 3.8) is 0 Å². The number of carbonyl (C=O) groups is 1. The highest BCUT2D eigenvalue weighted by molar-refractivity contribution is 5.93. The third-order valence-electron chi connectivity index (χ3n) is 3.30. The Labute approximate surface area is 140 Å². The summed E-state index contributed by atoms with van der Waals surface area (Å²) in [5.74, 6) is -0.859. The molecule has 0 bridgehead atoms. The molecule has 0 atom stereocenters. The van der Waals surface area contributed by atoms with Crippen LogP contribution >= 0.6 is 0 Å². The van der Waals surface area contributed by atoms with Crippen LogP contribution in [0, 0.1) is 0 Å². The van der Waals surface area contributed by atoms with Gasteiger partial charge in [0.15, 0.2) is 11.4 Å². The van der Waals surface area contributed by atoms with E-state index in [0.29, 0.717) is 4.68 Å². The summed E-state index contributed by atoms with van der Waals surface area (Å²) < 4.78 is 44.2. The molecular formula is C15H14F3N3O4. The topological polar surface area (TPSA) is 73.7 Å². The number of ether oxygens (including phenoxy) is 1. The first kappa shape index (κ1) is 18.5. The summed E-state index contributed by atoms with van der Waals surface area (Å²) in [6.45, 7) is 0. The molecule has 2 rings (SSSR count). The number of aromatic nitrogens is 2. The number of methoxy groups -OCH3 is 1. The van der Waals surface area contributed by atoms with Crippen LogP contribution in [0.5, 0.6) is 5.75 Å². The number of carbonyl (C=O) groups excluding carboxylic acids is 1. The van der Waals surface area contributed by atoms with Gasteiger partial charge in [-0.25, -0.2) is 5.06 Å². The van der Waals surface area contributed by atoms with Gasteiger partial charge in [-0.2, -0.15) is 23.0 Å². The molecule has 2 aromatic rings. The fourth-order valence-electron chi connectivity index (χ4n) is 1.97. The number of alkyl halides is 3. The van der Waals surface area contributed by atoms with Crippen LogP contribution in [0.15, 0.2) is 35.1 Å². The van der Waals surface area contributed by atoms with E-state index in [-0.39, 0.29) is 17.1 Å². The molecule has 0 aliphatic carbocycles. The Balaban J connectivity index is 2.63. The van der Waals surface area contributed by atoms with E-state index in [4.69, 9.17) is 9.57 Å². The lowest BCUT2D eigenvalue weighted by atomic mass is 10.2. The molecule has 0 saturated heterocycles. The summed E-state index contributed by atoms with van der Waals surface area (Å²) in [4.78, 5) is 29.2. The molecule has 0 spiro atoms. The molecule has 0 fully saturated rings. The second kappa shape index (κ2) is 6.93. The summed E-state index contributed by atoms with van der Waals surface area (Å²) in [6, 6.07) is 4.99. The van der Waals surface area contributed by atoms with Crippen molar-refractivity contribution in [2.75, 3.05) is 21.3 Å². The van der Waals surface area contributed by atoms with Crippen LogP contribution < -0.4 is 10.3 Å². The maximum Gasteiger partial charge on any atom is 0.416 e. The third-order valence-corrected chi connectivity index (χ3v) is 3.30. The summed E-state index contributed by atoms with van der Waals surface area (Å²) in [5, 5.41) is 4.69. The molecule has 0 N–H and O–H groups in total. The van der Waals surface area contributed by atoms with E-state index in [0.717, 1.165) is 29.3 Å². The SMILES string of the molecule is COc1cc(=O)n(-c2cccc(C(F)(F)F)c2)nc1C(=O)N(C)OC. The zero-order chi connectivity index (χ0) is 18.8. The van der Waals surface area contributed by atoms with E-state index in [9.17, 15) is 22.8 Å². The van der Waals surface area contributed by atoms with Gasteiger partial charge in [0.1, 0.15) is 0 Å². The highest BCUT2D eigenvalue weighted by atomic mass is 19.4. The summed E-state index contributed by atoms with van der Waals surface area (Å²) >= 11 is 0. The monoisotopic (exact) mass is 357 g/mol. The van der Waals surface area contributed by atoms with Gasteiger partial charge in [-0.15, -0.1) is 0 Å². The molecule has 0 unspecified atom stereocenters. The van der Waals surface area contributed by atoms with E-state index in [2.05, 4.69) is 5.10 Å². The normalized spacial score (nSPS) is 11.3. The first-order chi connectivity index (χ1) is 11.7. The maximum atomic E-state index is 12.9.